The summed E-state index contributed by atoms with van der Waals surface area (Å²) in [5.41, 5.74) is 10.2. The quantitative estimate of drug-likeness (QED) is 0.419. The largest absolute Gasteiger partial charge is 0.480 e. The predicted molar refractivity (Wildman–Crippen MR) is 56.2 cm³/mol. The molecule has 2 unspecified atom stereocenters. The molecule has 0 heterocycles. The third kappa shape index (κ3) is 4.74. The molecule has 0 fully saturated rings. The highest BCUT2D eigenvalue weighted by molar-refractivity contribution is 5.88. The number of carboxylic acids is 1. The first-order valence-corrected chi connectivity index (χ1v) is 4.93. The number of amides is 2. The zero-order chi connectivity index (χ0) is 12.7. The zero-order valence-corrected chi connectivity index (χ0v) is 9.10. The SMILES string of the molecule is CCC(CN)C(=O)NC(CC(N)=O)C(=O)O. The summed E-state index contributed by atoms with van der Waals surface area (Å²) in [5, 5.41) is 11.0. The normalized spacial score (nSPS) is 13.9. The maximum absolute atomic E-state index is 11.5. The molecule has 16 heavy (non-hydrogen) atoms. The summed E-state index contributed by atoms with van der Waals surface area (Å²) < 4.78 is 0. The van der Waals surface area contributed by atoms with Gasteiger partial charge in [0.05, 0.1) is 6.42 Å². The number of rotatable bonds is 7. The molecule has 0 aromatic carbocycles. The van der Waals surface area contributed by atoms with E-state index in [0.717, 1.165) is 0 Å². The number of hydrogen-bond donors (Lipinski definition) is 4. The van der Waals surface area contributed by atoms with Crippen LogP contribution in [-0.2, 0) is 14.4 Å². The van der Waals surface area contributed by atoms with Gasteiger partial charge in [0.2, 0.25) is 11.8 Å². The van der Waals surface area contributed by atoms with Crippen molar-refractivity contribution in [1.82, 2.24) is 5.32 Å². The van der Waals surface area contributed by atoms with Crippen LogP contribution in [0.25, 0.3) is 0 Å². The van der Waals surface area contributed by atoms with Crippen LogP contribution < -0.4 is 16.8 Å². The van der Waals surface area contributed by atoms with Gasteiger partial charge in [0, 0.05) is 12.5 Å². The molecule has 7 heteroatoms. The van der Waals surface area contributed by atoms with Crippen LogP contribution in [0.1, 0.15) is 19.8 Å². The fraction of sp³-hybridized carbons (Fsp3) is 0.667. The number of hydrogen-bond acceptors (Lipinski definition) is 4. The summed E-state index contributed by atoms with van der Waals surface area (Å²) in [6, 6.07) is -1.29. The van der Waals surface area contributed by atoms with E-state index in [2.05, 4.69) is 5.32 Å². The molecule has 0 aliphatic rings. The summed E-state index contributed by atoms with van der Waals surface area (Å²) in [6.07, 6.45) is 0.0767. The number of primary amides is 1. The zero-order valence-electron chi connectivity index (χ0n) is 9.10. The summed E-state index contributed by atoms with van der Waals surface area (Å²) in [5.74, 6) is -3.00. The highest BCUT2D eigenvalue weighted by Crippen LogP contribution is 2.02. The van der Waals surface area contributed by atoms with Crippen LogP contribution in [-0.4, -0.2) is 35.5 Å². The fourth-order valence-corrected chi connectivity index (χ4v) is 1.15. The van der Waals surface area contributed by atoms with E-state index < -0.39 is 36.2 Å². The van der Waals surface area contributed by atoms with Crippen molar-refractivity contribution in [1.29, 1.82) is 0 Å². The summed E-state index contributed by atoms with van der Waals surface area (Å²) in [6.45, 7) is 1.90. The minimum absolute atomic E-state index is 0.130. The van der Waals surface area contributed by atoms with Crippen molar-refractivity contribution < 1.29 is 19.5 Å². The van der Waals surface area contributed by atoms with Gasteiger partial charge in [-0.05, 0) is 6.42 Å². The molecular formula is C9H17N3O4. The Labute approximate surface area is 93.2 Å². The molecule has 0 radical (unpaired) electrons. The van der Waals surface area contributed by atoms with Crippen LogP contribution in [0.5, 0.6) is 0 Å². The minimum Gasteiger partial charge on any atom is -0.480 e. The Morgan fingerprint density at radius 1 is 1.38 bits per heavy atom. The average molecular weight is 231 g/mol. The fourth-order valence-electron chi connectivity index (χ4n) is 1.15. The molecule has 0 aromatic rings. The summed E-state index contributed by atoms with van der Waals surface area (Å²) >= 11 is 0. The van der Waals surface area contributed by atoms with Gasteiger partial charge >= 0.3 is 5.97 Å². The van der Waals surface area contributed by atoms with Crippen molar-refractivity contribution in [3.8, 4) is 0 Å². The number of carboxylic acid groups (broad SMARTS) is 1. The van der Waals surface area contributed by atoms with Crippen molar-refractivity contribution in [2.45, 2.75) is 25.8 Å². The van der Waals surface area contributed by atoms with Crippen LogP contribution in [0.3, 0.4) is 0 Å². The molecule has 0 bridgehead atoms. The maximum atomic E-state index is 11.5. The van der Waals surface area contributed by atoms with Crippen molar-refractivity contribution in [3.05, 3.63) is 0 Å². The van der Waals surface area contributed by atoms with E-state index in [1.54, 1.807) is 6.92 Å². The Morgan fingerprint density at radius 2 is 1.94 bits per heavy atom. The first-order chi connectivity index (χ1) is 7.42. The van der Waals surface area contributed by atoms with E-state index in [0.29, 0.717) is 6.42 Å². The van der Waals surface area contributed by atoms with Gasteiger partial charge < -0.3 is 21.9 Å². The average Bonchev–Trinajstić information content (AvgIpc) is 2.17. The van der Waals surface area contributed by atoms with Gasteiger partial charge in [-0.2, -0.15) is 0 Å². The molecule has 2 atom stereocenters. The third-order valence-electron chi connectivity index (χ3n) is 2.17. The van der Waals surface area contributed by atoms with E-state index >= 15 is 0 Å². The summed E-state index contributed by atoms with van der Waals surface area (Å²) in [7, 11) is 0. The molecule has 0 aliphatic heterocycles. The second-order valence-electron chi connectivity index (χ2n) is 3.41. The van der Waals surface area contributed by atoms with E-state index in [1.807, 2.05) is 0 Å². The van der Waals surface area contributed by atoms with E-state index in [1.165, 1.54) is 0 Å². The van der Waals surface area contributed by atoms with E-state index in [9.17, 15) is 14.4 Å². The minimum atomic E-state index is -1.29. The molecule has 92 valence electrons. The van der Waals surface area contributed by atoms with Gasteiger partial charge in [0.25, 0.3) is 0 Å². The van der Waals surface area contributed by atoms with E-state index in [4.69, 9.17) is 16.6 Å². The van der Waals surface area contributed by atoms with Crippen LogP contribution in [0.4, 0.5) is 0 Å². The number of carbonyl (C=O) groups is 3. The number of nitrogens with two attached hydrogens (primary N) is 2. The number of nitrogens with one attached hydrogen (secondary N) is 1. The lowest BCUT2D eigenvalue weighted by atomic mass is 10.1. The van der Waals surface area contributed by atoms with Gasteiger partial charge in [0.1, 0.15) is 6.04 Å². The van der Waals surface area contributed by atoms with Crippen LogP contribution in [0, 0.1) is 5.92 Å². The predicted octanol–water partition coefficient (Wildman–Crippen LogP) is -1.58. The van der Waals surface area contributed by atoms with Crippen molar-refractivity contribution in [3.63, 3.8) is 0 Å². The smallest absolute Gasteiger partial charge is 0.326 e. The lowest BCUT2D eigenvalue weighted by molar-refractivity contribution is -0.143. The molecular weight excluding hydrogens is 214 g/mol. The first-order valence-electron chi connectivity index (χ1n) is 4.93. The Hall–Kier alpha value is -1.63. The maximum Gasteiger partial charge on any atom is 0.326 e. The molecule has 0 saturated carbocycles. The number of aliphatic carboxylic acids is 1. The van der Waals surface area contributed by atoms with Gasteiger partial charge in [0.15, 0.2) is 0 Å². The molecule has 0 saturated heterocycles. The van der Waals surface area contributed by atoms with E-state index in [-0.39, 0.29) is 6.54 Å². The monoisotopic (exact) mass is 231 g/mol. The van der Waals surface area contributed by atoms with Crippen LogP contribution >= 0.6 is 0 Å². The second-order valence-corrected chi connectivity index (χ2v) is 3.41. The molecule has 0 aliphatic carbocycles. The van der Waals surface area contributed by atoms with Crippen molar-refractivity contribution in [2.75, 3.05) is 6.54 Å². The van der Waals surface area contributed by atoms with Crippen molar-refractivity contribution in [2.24, 2.45) is 17.4 Å². The standard InChI is InChI=1S/C9H17N3O4/c1-2-5(4-10)8(14)12-6(9(15)16)3-7(11)13/h5-6H,2-4,10H2,1H3,(H2,11,13)(H,12,14)(H,15,16). The molecule has 0 spiro atoms. The van der Waals surface area contributed by atoms with Gasteiger partial charge in [-0.15, -0.1) is 0 Å². The van der Waals surface area contributed by atoms with Crippen LogP contribution in [0.2, 0.25) is 0 Å². The molecule has 2 amide bonds. The number of carbonyl (C=O) groups excluding carboxylic acids is 2. The molecule has 6 N–H and O–H groups in total. The lowest BCUT2D eigenvalue weighted by Gasteiger charge is -2.17. The Balaban J connectivity index is 4.44. The van der Waals surface area contributed by atoms with Crippen LogP contribution in [0.15, 0.2) is 0 Å². The van der Waals surface area contributed by atoms with Crippen molar-refractivity contribution >= 4 is 17.8 Å². The highest BCUT2D eigenvalue weighted by Gasteiger charge is 2.24. The van der Waals surface area contributed by atoms with Gasteiger partial charge in [-0.1, -0.05) is 6.92 Å². The third-order valence-corrected chi connectivity index (χ3v) is 2.17. The topological polar surface area (TPSA) is 136 Å². The van der Waals surface area contributed by atoms with Gasteiger partial charge in [-0.25, -0.2) is 4.79 Å². The lowest BCUT2D eigenvalue weighted by Crippen LogP contribution is -2.46. The Morgan fingerprint density at radius 3 is 2.25 bits per heavy atom. The summed E-state index contributed by atoms with van der Waals surface area (Å²) in [4.78, 5) is 32.8. The molecule has 7 nitrogen and oxygen atoms in total. The molecule has 0 rings (SSSR count). The highest BCUT2D eigenvalue weighted by atomic mass is 16.4. The second kappa shape index (κ2) is 6.78. The first kappa shape index (κ1) is 14.4. The van der Waals surface area contributed by atoms with Gasteiger partial charge in [-0.3, -0.25) is 9.59 Å². The molecule has 0 aromatic heterocycles. The Kier molecular flexibility index (Phi) is 6.09. The Bertz CT molecular complexity index is 276.